The van der Waals surface area contributed by atoms with E-state index in [0.29, 0.717) is 0 Å². The van der Waals surface area contributed by atoms with Gasteiger partial charge in [-0.1, -0.05) is 0 Å². The van der Waals surface area contributed by atoms with Crippen molar-refractivity contribution in [3.05, 3.63) is 0 Å². The van der Waals surface area contributed by atoms with E-state index in [1.54, 1.807) is 0 Å². The molecule has 0 rings (SSSR count). The summed E-state index contributed by atoms with van der Waals surface area (Å²) in [5.41, 5.74) is 1.92. The Morgan fingerprint density at radius 3 is 2.78 bits per heavy atom. The van der Waals surface area contributed by atoms with Crippen molar-refractivity contribution in [3.63, 3.8) is 0 Å². The van der Waals surface area contributed by atoms with Crippen LogP contribution in [-0.2, 0) is 20.7 Å². The fourth-order valence-corrected chi connectivity index (χ4v) is 0.334. The molecule has 0 aliphatic heterocycles. The summed E-state index contributed by atoms with van der Waals surface area (Å²) in [5.74, 6) is -0.944. The zero-order chi connectivity index (χ0) is 7.28. The van der Waals surface area contributed by atoms with Gasteiger partial charge in [-0.05, 0) is 11.1 Å². The minimum Gasteiger partial charge on any atom is -0.771 e. The first-order valence-electron chi connectivity index (χ1n) is 2.09. The van der Waals surface area contributed by atoms with Crippen LogP contribution in [0.15, 0.2) is 0 Å². The molecule has 5 nitrogen and oxygen atoms in total. The number of hydrogen-bond donors (Lipinski definition) is 1. The molecule has 1 unspecified atom stereocenters. The Labute approximate surface area is 54.6 Å². The van der Waals surface area contributed by atoms with Crippen LogP contribution in [0.3, 0.4) is 0 Å². The number of carbonyl (C=O) groups excluding carboxylic acids is 1. The second-order valence-corrected chi connectivity index (χ2v) is 2.08. The smallest absolute Gasteiger partial charge is 0.321 e. The molecule has 0 saturated heterocycles. The van der Waals surface area contributed by atoms with Gasteiger partial charge in [0.05, 0.1) is 5.88 Å². The van der Waals surface area contributed by atoms with Crippen molar-refractivity contribution in [2.45, 2.75) is 6.92 Å². The Bertz CT molecular complexity index is 111. The van der Waals surface area contributed by atoms with Crippen molar-refractivity contribution in [1.82, 2.24) is 5.48 Å². The van der Waals surface area contributed by atoms with Gasteiger partial charge < -0.3 is 9.39 Å². The molecule has 0 heterocycles. The maximum atomic E-state index is 9.94. The van der Waals surface area contributed by atoms with Crippen LogP contribution in [0.25, 0.3) is 0 Å². The van der Waals surface area contributed by atoms with E-state index < -0.39 is 17.0 Å². The Kier molecular flexibility index (Phi) is 4.20. The molecule has 0 aliphatic rings. The molecule has 0 spiro atoms. The lowest BCUT2D eigenvalue weighted by atomic mass is 10.8. The second-order valence-electron chi connectivity index (χ2n) is 1.19. The first-order chi connectivity index (χ1) is 4.13. The first-order valence-corrected chi connectivity index (χ1v) is 3.33. The van der Waals surface area contributed by atoms with Crippen LogP contribution in [0.4, 0.5) is 0 Å². The topological polar surface area (TPSA) is 78.5 Å². The molecule has 0 saturated carbocycles. The maximum absolute atomic E-state index is 9.94. The van der Waals surface area contributed by atoms with Gasteiger partial charge in [0.15, 0.2) is 0 Å². The van der Waals surface area contributed by atoms with Crippen molar-refractivity contribution in [3.8, 4) is 0 Å². The molecular formula is C3H6NO4S-. The van der Waals surface area contributed by atoms with E-state index in [9.17, 15) is 13.6 Å². The highest BCUT2D eigenvalue weighted by Crippen LogP contribution is 1.70. The lowest BCUT2D eigenvalue weighted by molar-refractivity contribution is -0.147. The van der Waals surface area contributed by atoms with E-state index in [1.165, 1.54) is 6.92 Å². The molecule has 54 valence electrons. The fraction of sp³-hybridized carbons (Fsp3) is 0.667. The molecular weight excluding hydrogens is 146 g/mol. The van der Waals surface area contributed by atoms with Crippen LogP contribution in [0, 0.1) is 0 Å². The molecule has 0 aromatic heterocycles. The third-order valence-corrected chi connectivity index (χ3v) is 0.746. The molecule has 0 aromatic rings. The Hall–Kier alpha value is -0.460. The van der Waals surface area contributed by atoms with Gasteiger partial charge in [0, 0.05) is 6.92 Å². The van der Waals surface area contributed by atoms with E-state index in [1.807, 2.05) is 5.48 Å². The molecule has 0 bridgehead atoms. The quantitative estimate of drug-likeness (QED) is 0.410. The van der Waals surface area contributed by atoms with Crippen LogP contribution >= 0.6 is 0 Å². The Balaban J connectivity index is 3.10. The molecule has 0 fully saturated rings. The van der Waals surface area contributed by atoms with Crippen molar-refractivity contribution >= 4 is 17.0 Å². The van der Waals surface area contributed by atoms with Crippen LogP contribution in [0.1, 0.15) is 6.92 Å². The van der Waals surface area contributed by atoms with Crippen LogP contribution in [-0.4, -0.2) is 20.6 Å². The number of hydroxylamine groups is 1. The van der Waals surface area contributed by atoms with Gasteiger partial charge in [-0.2, -0.15) is 0 Å². The minimum absolute atomic E-state index is 0.375. The monoisotopic (exact) mass is 152 g/mol. The molecule has 0 aliphatic carbocycles. The Morgan fingerprint density at radius 1 is 1.89 bits per heavy atom. The molecule has 9 heavy (non-hydrogen) atoms. The number of carbonyl (C=O) groups is 1. The lowest BCUT2D eigenvalue weighted by Gasteiger charge is -2.04. The van der Waals surface area contributed by atoms with Crippen LogP contribution < -0.4 is 5.48 Å². The minimum atomic E-state index is -2.22. The van der Waals surface area contributed by atoms with Gasteiger partial charge in [-0.15, -0.1) is 5.48 Å². The summed E-state index contributed by atoms with van der Waals surface area (Å²) in [7, 11) is 0. The summed E-state index contributed by atoms with van der Waals surface area (Å²) in [6, 6.07) is 0. The van der Waals surface area contributed by atoms with Crippen LogP contribution in [0.5, 0.6) is 0 Å². The molecule has 0 amide bonds. The SMILES string of the molecule is CC(=O)ONCS(=O)[O-]. The third kappa shape index (κ3) is 7.54. The van der Waals surface area contributed by atoms with E-state index in [0.717, 1.165) is 0 Å². The fourth-order valence-electron chi connectivity index (χ4n) is 0.179. The molecule has 1 N–H and O–H groups in total. The van der Waals surface area contributed by atoms with Crippen molar-refractivity contribution in [1.29, 1.82) is 0 Å². The highest BCUT2D eigenvalue weighted by atomic mass is 32.2. The highest BCUT2D eigenvalue weighted by Gasteiger charge is 1.88. The van der Waals surface area contributed by atoms with Crippen molar-refractivity contribution in [2.24, 2.45) is 0 Å². The summed E-state index contributed by atoms with van der Waals surface area (Å²) in [6.45, 7) is 1.17. The molecule has 0 aromatic carbocycles. The number of hydrogen-bond acceptors (Lipinski definition) is 5. The zero-order valence-electron chi connectivity index (χ0n) is 4.75. The van der Waals surface area contributed by atoms with Gasteiger partial charge in [0.1, 0.15) is 0 Å². The van der Waals surface area contributed by atoms with E-state index in [2.05, 4.69) is 4.84 Å². The normalized spacial score (nSPS) is 12.7. The largest absolute Gasteiger partial charge is 0.771 e. The van der Waals surface area contributed by atoms with Crippen LogP contribution in [0.2, 0.25) is 0 Å². The Morgan fingerprint density at radius 2 is 2.44 bits per heavy atom. The van der Waals surface area contributed by atoms with E-state index in [-0.39, 0.29) is 5.88 Å². The van der Waals surface area contributed by atoms with Gasteiger partial charge in [0.2, 0.25) is 0 Å². The van der Waals surface area contributed by atoms with Gasteiger partial charge in [0.25, 0.3) is 0 Å². The highest BCUT2D eigenvalue weighted by molar-refractivity contribution is 7.79. The molecule has 1 atom stereocenters. The van der Waals surface area contributed by atoms with Crippen molar-refractivity contribution < 1.29 is 18.4 Å². The predicted molar refractivity (Wildman–Crippen MR) is 28.7 cm³/mol. The molecule has 0 radical (unpaired) electrons. The average molecular weight is 152 g/mol. The standard InChI is InChI=1S/C3H7NO4S/c1-3(5)8-4-2-9(6)7/h4H,2H2,1H3,(H,6,7)/p-1. The van der Waals surface area contributed by atoms with E-state index >= 15 is 0 Å². The van der Waals surface area contributed by atoms with Gasteiger partial charge in [-0.3, -0.25) is 9.00 Å². The summed E-state index contributed by atoms with van der Waals surface area (Å²) < 4.78 is 19.5. The number of rotatable bonds is 3. The van der Waals surface area contributed by atoms with Gasteiger partial charge in [-0.25, -0.2) is 0 Å². The van der Waals surface area contributed by atoms with Gasteiger partial charge >= 0.3 is 5.97 Å². The summed E-state index contributed by atoms with van der Waals surface area (Å²) in [6.07, 6.45) is 0. The summed E-state index contributed by atoms with van der Waals surface area (Å²) in [4.78, 5) is 14.0. The number of nitrogens with one attached hydrogen (secondary N) is 1. The predicted octanol–water partition coefficient (Wildman–Crippen LogP) is -1.11. The second kappa shape index (κ2) is 4.42. The van der Waals surface area contributed by atoms with E-state index in [4.69, 9.17) is 0 Å². The first kappa shape index (κ1) is 8.54. The summed E-state index contributed by atoms with van der Waals surface area (Å²) in [5, 5.41) is 0. The summed E-state index contributed by atoms with van der Waals surface area (Å²) >= 11 is -2.22. The van der Waals surface area contributed by atoms with Crippen molar-refractivity contribution in [2.75, 3.05) is 5.88 Å². The molecule has 6 heteroatoms. The third-order valence-electron chi connectivity index (χ3n) is 0.393. The zero-order valence-corrected chi connectivity index (χ0v) is 5.56. The average Bonchev–Trinajstić information content (AvgIpc) is 1.63. The lowest BCUT2D eigenvalue weighted by Crippen LogP contribution is -2.21. The maximum Gasteiger partial charge on any atom is 0.321 e.